The number of hydrogen-bond acceptors (Lipinski definition) is 8. The smallest absolute Gasteiger partial charge is 0.329 e. The lowest BCUT2D eigenvalue weighted by Crippen LogP contribution is -2.52. The van der Waals surface area contributed by atoms with E-state index in [0.717, 1.165) is 61.3 Å². The summed E-state index contributed by atoms with van der Waals surface area (Å²) >= 11 is 0. The topological polar surface area (TPSA) is 104 Å². The largest absolute Gasteiger partial charge is 0.415 e. The predicted octanol–water partition coefficient (Wildman–Crippen LogP) is 4.33. The van der Waals surface area contributed by atoms with E-state index in [2.05, 4.69) is 31.1 Å². The van der Waals surface area contributed by atoms with Gasteiger partial charge in [0.05, 0.1) is 48.1 Å². The van der Waals surface area contributed by atoms with Crippen LogP contribution in [0.25, 0.3) is 33.6 Å². The maximum absolute atomic E-state index is 14.0. The van der Waals surface area contributed by atoms with Gasteiger partial charge in [0.1, 0.15) is 0 Å². The van der Waals surface area contributed by atoms with E-state index in [-0.39, 0.29) is 24.2 Å². The first-order chi connectivity index (χ1) is 20.0. The number of halogens is 2. The molecule has 10 nitrogen and oxygen atoms in total. The molecule has 0 bridgehead atoms. The molecule has 0 spiro atoms. The van der Waals surface area contributed by atoms with Crippen molar-refractivity contribution in [3.05, 3.63) is 83.1 Å². The Kier molecular flexibility index (Phi) is 6.63. The minimum absolute atomic E-state index is 0.0316. The molecule has 2 aliphatic heterocycles. The molecule has 4 aromatic heterocycles. The van der Waals surface area contributed by atoms with Gasteiger partial charge in [0.25, 0.3) is 5.89 Å². The highest BCUT2D eigenvalue weighted by Gasteiger charge is 2.32. The van der Waals surface area contributed by atoms with Crippen LogP contribution in [0, 0.1) is 0 Å². The standard InChI is InChI=1S/C29H27F2N7O3/c30-26(31)28-35-34-27(41-28)20-3-5-21(33-14-20)15-37-24-6-4-18(19-2-1-9-32-13-19)12-25(24)38(29(37)39)22-7-10-36(11-8-22)23-16-40-17-23/h1-6,9,12-14,22-23,26H,7-8,10-11,15-17H2. The van der Waals surface area contributed by atoms with E-state index < -0.39 is 12.3 Å². The Balaban J connectivity index is 1.22. The number of aromatic nitrogens is 6. The number of ether oxygens (including phenoxy) is 1. The molecular weight excluding hydrogens is 532 g/mol. The molecule has 0 aliphatic carbocycles. The van der Waals surface area contributed by atoms with Crippen molar-refractivity contribution in [2.24, 2.45) is 0 Å². The highest BCUT2D eigenvalue weighted by molar-refractivity contribution is 5.83. The van der Waals surface area contributed by atoms with Crippen molar-refractivity contribution in [1.29, 1.82) is 0 Å². The molecule has 2 saturated heterocycles. The van der Waals surface area contributed by atoms with E-state index in [1.54, 1.807) is 22.9 Å². The summed E-state index contributed by atoms with van der Waals surface area (Å²) in [7, 11) is 0. The Bertz CT molecular complexity index is 1720. The lowest BCUT2D eigenvalue weighted by atomic mass is 10.0. The van der Waals surface area contributed by atoms with Crippen molar-refractivity contribution in [2.45, 2.75) is 37.9 Å². The second-order valence-electron chi connectivity index (χ2n) is 10.4. The highest BCUT2D eigenvalue weighted by atomic mass is 19.3. The van der Waals surface area contributed by atoms with Crippen LogP contribution in [-0.2, 0) is 11.3 Å². The summed E-state index contributed by atoms with van der Waals surface area (Å²) in [5.41, 5.74) is 4.65. The summed E-state index contributed by atoms with van der Waals surface area (Å²) in [6.07, 6.45) is 3.96. The van der Waals surface area contributed by atoms with Crippen LogP contribution in [-0.4, -0.2) is 66.5 Å². The molecule has 0 saturated carbocycles. The van der Waals surface area contributed by atoms with E-state index in [0.29, 0.717) is 17.3 Å². The molecule has 0 radical (unpaired) electrons. The lowest BCUT2D eigenvalue weighted by Gasteiger charge is -2.41. The number of pyridine rings is 2. The number of fused-ring (bicyclic) bond motifs is 1. The van der Waals surface area contributed by atoms with Gasteiger partial charge in [0, 0.05) is 43.3 Å². The average molecular weight is 560 g/mol. The molecule has 6 heterocycles. The minimum Gasteiger partial charge on any atom is -0.415 e. The summed E-state index contributed by atoms with van der Waals surface area (Å²) in [5, 5.41) is 7.05. The van der Waals surface area contributed by atoms with Crippen LogP contribution in [0.15, 0.2) is 70.3 Å². The maximum Gasteiger partial charge on any atom is 0.329 e. The molecule has 0 unspecified atom stereocenters. The summed E-state index contributed by atoms with van der Waals surface area (Å²) in [5.74, 6) is -0.767. The molecule has 7 rings (SSSR count). The third-order valence-electron chi connectivity index (χ3n) is 7.98. The zero-order valence-electron chi connectivity index (χ0n) is 22.1. The van der Waals surface area contributed by atoms with Gasteiger partial charge in [-0.3, -0.25) is 24.0 Å². The van der Waals surface area contributed by atoms with Gasteiger partial charge >= 0.3 is 12.1 Å². The molecule has 0 N–H and O–H groups in total. The number of nitrogens with zero attached hydrogens (tertiary/aromatic N) is 7. The van der Waals surface area contributed by atoms with Crippen molar-refractivity contribution in [3.63, 3.8) is 0 Å². The van der Waals surface area contributed by atoms with Gasteiger partial charge in [-0.1, -0.05) is 12.1 Å². The zero-order valence-corrected chi connectivity index (χ0v) is 22.1. The summed E-state index contributed by atoms with van der Waals surface area (Å²) < 4.78 is 39.8. The van der Waals surface area contributed by atoms with E-state index in [9.17, 15) is 13.6 Å². The fourth-order valence-corrected chi connectivity index (χ4v) is 5.69. The number of imidazole rings is 1. The molecule has 2 fully saturated rings. The molecule has 2 aliphatic rings. The van der Waals surface area contributed by atoms with Gasteiger partial charge < -0.3 is 9.15 Å². The maximum atomic E-state index is 14.0. The van der Waals surface area contributed by atoms with Crippen molar-refractivity contribution >= 4 is 11.0 Å². The van der Waals surface area contributed by atoms with Crippen molar-refractivity contribution in [3.8, 4) is 22.6 Å². The van der Waals surface area contributed by atoms with Crippen molar-refractivity contribution in [2.75, 3.05) is 26.3 Å². The van der Waals surface area contributed by atoms with Crippen LogP contribution in [0.1, 0.15) is 36.9 Å². The number of alkyl halides is 2. The first-order valence-corrected chi connectivity index (χ1v) is 13.6. The molecule has 210 valence electrons. The monoisotopic (exact) mass is 559 g/mol. The van der Waals surface area contributed by atoms with E-state index in [1.165, 1.54) is 6.20 Å². The number of likely N-dealkylation sites (tertiary alicyclic amines) is 1. The first kappa shape index (κ1) is 25.7. The van der Waals surface area contributed by atoms with Crippen LogP contribution >= 0.6 is 0 Å². The second-order valence-corrected chi connectivity index (χ2v) is 10.4. The van der Waals surface area contributed by atoms with Gasteiger partial charge in [-0.25, -0.2) is 4.79 Å². The fourth-order valence-electron chi connectivity index (χ4n) is 5.69. The molecule has 12 heteroatoms. The van der Waals surface area contributed by atoms with Gasteiger partial charge in [-0.15, -0.1) is 10.2 Å². The fraction of sp³-hybridized carbons (Fsp3) is 0.345. The summed E-state index contributed by atoms with van der Waals surface area (Å²) in [4.78, 5) is 25.2. The van der Waals surface area contributed by atoms with E-state index >= 15 is 0 Å². The molecular formula is C29H27F2N7O3. The molecule has 5 aromatic rings. The van der Waals surface area contributed by atoms with Crippen LogP contribution in [0.5, 0.6) is 0 Å². The van der Waals surface area contributed by atoms with Gasteiger partial charge in [0.15, 0.2) is 0 Å². The van der Waals surface area contributed by atoms with Gasteiger partial charge in [0.2, 0.25) is 5.89 Å². The Morgan fingerprint density at radius 2 is 1.76 bits per heavy atom. The van der Waals surface area contributed by atoms with Crippen molar-refractivity contribution < 1.29 is 17.9 Å². The summed E-state index contributed by atoms with van der Waals surface area (Å²) in [6.45, 7) is 3.66. The third-order valence-corrected chi connectivity index (χ3v) is 7.98. The van der Waals surface area contributed by atoms with E-state index in [1.807, 2.05) is 35.0 Å². The van der Waals surface area contributed by atoms with Crippen molar-refractivity contribution in [1.82, 2.24) is 34.2 Å². The van der Waals surface area contributed by atoms with Crippen LogP contribution in [0.2, 0.25) is 0 Å². The van der Waals surface area contributed by atoms with Crippen LogP contribution in [0.4, 0.5) is 8.78 Å². The minimum atomic E-state index is -2.84. The number of piperidine rings is 1. The molecule has 41 heavy (non-hydrogen) atoms. The Labute approximate surface area is 233 Å². The zero-order chi connectivity index (χ0) is 27.9. The summed E-state index contributed by atoms with van der Waals surface area (Å²) in [6, 6.07) is 13.9. The quantitative estimate of drug-likeness (QED) is 0.290. The van der Waals surface area contributed by atoms with Gasteiger partial charge in [-0.2, -0.15) is 8.78 Å². The second kappa shape index (κ2) is 10.6. The number of hydrogen-bond donors (Lipinski definition) is 0. The average Bonchev–Trinajstić information content (AvgIpc) is 3.57. The Hall–Kier alpha value is -4.29. The van der Waals surface area contributed by atoms with E-state index in [4.69, 9.17) is 9.15 Å². The van der Waals surface area contributed by atoms with Crippen LogP contribution in [0.3, 0.4) is 0 Å². The Morgan fingerprint density at radius 1 is 0.927 bits per heavy atom. The molecule has 0 amide bonds. The van der Waals surface area contributed by atoms with Gasteiger partial charge in [-0.05, 0) is 48.7 Å². The molecule has 0 atom stereocenters. The normalized spacial score (nSPS) is 17.0. The predicted molar refractivity (Wildman–Crippen MR) is 145 cm³/mol. The highest BCUT2D eigenvalue weighted by Crippen LogP contribution is 2.31. The Morgan fingerprint density at radius 3 is 2.41 bits per heavy atom. The third kappa shape index (κ3) is 4.82. The molecule has 1 aromatic carbocycles. The lowest BCUT2D eigenvalue weighted by molar-refractivity contribution is -0.0731. The SMILES string of the molecule is O=c1n(Cc2ccc(-c3nnc(C(F)F)o3)cn2)c2ccc(-c3cccnc3)cc2n1C1CCN(C2COC2)CC1. The number of benzene rings is 1. The first-order valence-electron chi connectivity index (χ1n) is 13.6. The van der Waals surface area contributed by atoms with Crippen LogP contribution < -0.4 is 5.69 Å². The number of rotatable bonds is 7.